The molecule has 0 spiro atoms. The first-order valence-corrected chi connectivity index (χ1v) is 8.63. The van der Waals surface area contributed by atoms with Gasteiger partial charge in [0.2, 0.25) is 6.79 Å². The maximum atomic E-state index is 12.4. The molecule has 0 fully saturated rings. The van der Waals surface area contributed by atoms with Crippen LogP contribution in [0.15, 0.2) is 30.3 Å². The van der Waals surface area contributed by atoms with Gasteiger partial charge in [0, 0.05) is 11.8 Å². The van der Waals surface area contributed by atoms with Crippen molar-refractivity contribution >= 4 is 29.2 Å². The Kier molecular flexibility index (Phi) is 5.79. The molecule has 28 heavy (non-hydrogen) atoms. The number of methoxy groups -OCH3 is 2. The van der Waals surface area contributed by atoms with Crippen LogP contribution in [0.1, 0.15) is 17.3 Å². The lowest BCUT2D eigenvalue weighted by Gasteiger charge is -2.15. The Bertz CT molecular complexity index is 915. The minimum Gasteiger partial charge on any atom is -0.493 e. The molecule has 0 radical (unpaired) electrons. The van der Waals surface area contributed by atoms with E-state index < -0.39 is 18.0 Å². The molecule has 3 rings (SSSR count). The fourth-order valence-electron chi connectivity index (χ4n) is 2.54. The molecule has 1 amide bonds. The second-order valence-corrected chi connectivity index (χ2v) is 6.21. The fraction of sp³-hybridized carbons (Fsp3) is 0.263. The predicted molar refractivity (Wildman–Crippen MR) is 101 cm³/mol. The zero-order valence-corrected chi connectivity index (χ0v) is 16.2. The Morgan fingerprint density at radius 2 is 1.86 bits per heavy atom. The van der Waals surface area contributed by atoms with E-state index in [0.29, 0.717) is 22.9 Å². The normalized spacial score (nSPS) is 12.9. The average Bonchev–Trinajstić information content (AvgIpc) is 3.14. The molecule has 1 atom stereocenters. The number of halogens is 1. The van der Waals surface area contributed by atoms with Gasteiger partial charge in [-0.15, -0.1) is 0 Å². The number of nitrogens with one attached hydrogen (secondary N) is 1. The van der Waals surface area contributed by atoms with Gasteiger partial charge in [0.25, 0.3) is 5.91 Å². The predicted octanol–water partition coefficient (Wildman–Crippen LogP) is 3.27. The Hall–Kier alpha value is -3.13. The molecule has 1 heterocycles. The van der Waals surface area contributed by atoms with Crippen molar-refractivity contribution in [3.8, 4) is 23.0 Å². The lowest BCUT2D eigenvalue weighted by Crippen LogP contribution is -2.30. The molecule has 9 heteroatoms. The third kappa shape index (κ3) is 4.07. The third-order valence-electron chi connectivity index (χ3n) is 3.96. The molecule has 1 aliphatic heterocycles. The summed E-state index contributed by atoms with van der Waals surface area (Å²) in [5, 5.41) is 2.84. The first-order chi connectivity index (χ1) is 13.4. The number of anilines is 1. The summed E-state index contributed by atoms with van der Waals surface area (Å²) in [6, 6.07) is 7.78. The van der Waals surface area contributed by atoms with Crippen LogP contribution in [0.2, 0.25) is 5.02 Å². The number of hydrogen-bond donors (Lipinski definition) is 1. The summed E-state index contributed by atoms with van der Waals surface area (Å²) < 4.78 is 26.0. The molecular weight excluding hydrogens is 390 g/mol. The smallest absolute Gasteiger partial charge is 0.339 e. The molecule has 2 aromatic carbocycles. The summed E-state index contributed by atoms with van der Waals surface area (Å²) in [6.07, 6.45) is -1.05. The van der Waals surface area contributed by atoms with Gasteiger partial charge in [-0.3, -0.25) is 4.79 Å². The standard InChI is InChI=1S/C19H18ClNO7/c1-10(18(22)21-12-4-5-14-15(8-12)27-9-26-14)28-19(23)11-6-13(20)17(25-3)16(7-11)24-2/h4-8,10H,9H2,1-3H3,(H,21,22). The molecule has 1 aliphatic rings. The van der Waals surface area contributed by atoms with E-state index in [-0.39, 0.29) is 23.1 Å². The van der Waals surface area contributed by atoms with E-state index in [1.807, 2.05) is 0 Å². The van der Waals surface area contributed by atoms with Gasteiger partial charge in [0.1, 0.15) is 0 Å². The topological polar surface area (TPSA) is 92.3 Å². The molecular formula is C19H18ClNO7. The summed E-state index contributed by atoms with van der Waals surface area (Å²) in [6.45, 7) is 1.59. The zero-order chi connectivity index (χ0) is 20.3. The van der Waals surface area contributed by atoms with E-state index in [4.69, 9.17) is 35.3 Å². The molecule has 8 nitrogen and oxygen atoms in total. The maximum absolute atomic E-state index is 12.4. The van der Waals surface area contributed by atoms with Crippen molar-refractivity contribution in [2.24, 2.45) is 0 Å². The molecule has 0 saturated heterocycles. The van der Waals surface area contributed by atoms with Crippen molar-refractivity contribution in [3.05, 3.63) is 40.9 Å². The molecule has 0 saturated carbocycles. The quantitative estimate of drug-likeness (QED) is 0.734. The van der Waals surface area contributed by atoms with Crippen LogP contribution in [0.25, 0.3) is 0 Å². The average molecular weight is 408 g/mol. The number of fused-ring (bicyclic) bond motifs is 1. The number of hydrogen-bond acceptors (Lipinski definition) is 7. The number of carbonyl (C=O) groups excluding carboxylic acids is 2. The van der Waals surface area contributed by atoms with Gasteiger partial charge in [-0.25, -0.2) is 4.79 Å². The number of rotatable bonds is 6. The molecule has 0 bridgehead atoms. The second kappa shape index (κ2) is 8.26. The highest BCUT2D eigenvalue weighted by molar-refractivity contribution is 6.32. The van der Waals surface area contributed by atoms with E-state index in [0.717, 1.165) is 0 Å². The van der Waals surface area contributed by atoms with Crippen LogP contribution in [0.4, 0.5) is 5.69 Å². The number of esters is 1. The second-order valence-electron chi connectivity index (χ2n) is 5.80. The van der Waals surface area contributed by atoms with E-state index in [2.05, 4.69) is 5.32 Å². The molecule has 2 aromatic rings. The van der Waals surface area contributed by atoms with Crippen LogP contribution in [-0.2, 0) is 9.53 Å². The first kappa shape index (κ1) is 19.6. The molecule has 0 aromatic heterocycles. The van der Waals surface area contributed by atoms with E-state index in [1.54, 1.807) is 18.2 Å². The Labute approximate surface area is 166 Å². The minimum absolute atomic E-state index is 0.130. The molecule has 148 valence electrons. The zero-order valence-electron chi connectivity index (χ0n) is 15.4. The highest BCUT2D eigenvalue weighted by atomic mass is 35.5. The lowest BCUT2D eigenvalue weighted by molar-refractivity contribution is -0.123. The van der Waals surface area contributed by atoms with Crippen molar-refractivity contribution < 1.29 is 33.3 Å². The van der Waals surface area contributed by atoms with Crippen molar-refractivity contribution in [1.82, 2.24) is 0 Å². The largest absolute Gasteiger partial charge is 0.493 e. The summed E-state index contributed by atoms with van der Waals surface area (Å²) in [7, 11) is 2.86. The van der Waals surface area contributed by atoms with Gasteiger partial charge in [-0.1, -0.05) is 11.6 Å². The molecule has 1 N–H and O–H groups in total. The Morgan fingerprint density at radius 3 is 2.57 bits per heavy atom. The fourth-order valence-corrected chi connectivity index (χ4v) is 2.82. The highest BCUT2D eigenvalue weighted by Gasteiger charge is 2.22. The SMILES string of the molecule is COc1cc(C(=O)OC(C)C(=O)Nc2ccc3c(c2)OCO3)cc(Cl)c1OC. The minimum atomic E-state index is -1.05. The van der Waals surface area contributed by atoms with Crippen LogP contribution in [0.5, 0.6) is 23.0 Å². The van der Waals surface area contributed by atoms with Gasteiger partial charge in [-0.05, 0) is 31.2 Å². The highest BCUT2D eigenvalue weighted by Crippen LogP contribution is 2.36. The number of amides is 1. The Morgan fingerprint density at radius 1 is 1.11 bits per heavy atom. The van der Waals surface area contributed by atoms with Crippen LogP contribution >= 0.6 is 11.6 Å². The van der Waals surface area contributed by atoms with E-state index in [9.17, 15) is 9.59 Å². The summed E-state index contributed by atoms with van der Waals surface area (Å²) in [4.78, 5) is 24.7. The van der Waals surface area contributed by atoms with E-state index in [1.165, 1.54) is 33.3 Å². The van der Waals surface area contributed by atoms with Crippen molar-refractivity contribution in [1.29, 1.82) is 0 Å². The Balaban J connectivity index is 1.66. The monoisotopic (exact) mass is 407 g/mol. The van der Waals surface area contributed by atoms with Crippen LogP contribution in [-0.4, -0.2) is 39.0 Å². The van der Waals surface area contributed by atoms with Gasteiger partial charge in [0.15, 0.2) is 29.1 Å². The van der Waals surface area contributed by atoms with Crippen LogP contribution in [0.3, 0.4) is 0 Å². The summed E-state index contributed by atoms with van der Waals surface area (Å²) in [5.41, 5.74) is 0.622. The van der Waals surface area contributed by atoms with Crippen molar-refractivity contribution in [2.75, 3.05) is 26.3 Å². The van der Waals surface area contributed by atoms with Gasteiger partial charge in [0.05, 0.1) is 24.8 Å². The number of carbonyl (C=O) groups is 2. The van der Waals surface area contributed by atoms with Crippen LogP contribution in [0, 0.1) is 0 Å². The summed E-state index contributed by atoms with van der Waals surface area (Å²) in [5.74, 6) is 0.480. The summed E-state index contributed by atoms with van der Waals surface area (Å²) >= 11 is 6.10. The van der Waals surface area contributed by atoms with Crippen molar-refractivity contribution in [2.45, 2.75) is 13.0 Å². The number of benzene rings is 2. The van der Waals surface area contributed by atoms with Gasteiger partial charge < -0.3 is 29.0 Å². The van der Waals surface area contributed by atoms with Gasteiger partial charge in [-0.2, -0.15) is 0 Å². The number of ether oxygens (including phenoxy) is 5. The maximum Gasteiger partial charge on any atom is 0.339 e. The first-order valence-electron chi connectivity index (χ1n) is 8.26. The van der Waals surface area contributed by atoms with Gasteiger partial charge >= 0.3 is 5.97 Å². The van der Waals surface area contributed by atoms with Crippen molar-refractivity contribution in [3.63, 3.8) is 0 Å². The van der Waals surface area contributed by atoms with Crippen LogP contribution < -0.4 is 24.3 Å². The molecule has 1 unspecified atom stereocenters. The lowest BCUT2D eigenvalue weighted by atomic mass is 10.2. The molecule has 0 aliphatic carbocycles. The third-order valence-corrected chi connectivity index (χ3v) is 4.24. The van der Waals surface area contributed by atoms with E-state index >= 15 is 0 Å².